The standard InChI is InChI=1S/C10H9F2N3/c1-6-13-14-10(15(6)2)8-4-3-7(11)5-9(8)12/h3-5H,1-2H3. The summed E-state index contributed by atoms with van der Waals surface area (Å²) >= 11 is 0. The fraction of sp³-hybridized carbons (Fsp3) is 0.200. The van der Waals surface area contributed by atoms with Crippen molar-refractivity contribution in [3.05, 3.63) is 35.7 Å². The number of hydrogen-bond donors (Lipinski definition) is 0. The van der Waals surface area contributed by atoms with E-state index in [2.05, 4.69) is 10.2 Å². The Morgan fingerprint density at radius 3 is 2.47 bits per heavy atom. The maximum Gasteiger partial charge on any atom is 0.166 e. The predicted molar refractivity (Wildman–Crippen MR) is 51.1 cm³/mol. The van der Waals surface area contributed by atoms with Gasteiger partial charge in [-0.1, -0.05) is 0 Å². The number of halogens is 2. The number of aromatic nitrogens is 3. The van der Waals surface area contributed by atoms with E-state index in [4.69, 9.17) is 0 Å². The van der Waals surface area contributed by atoms with E-state index in [1.165, 1.54) is 12.1 Å². The van der Waals surface area contributed by atoms with Crippen LogP contribution in [0.15, 0.2) is 18.2 Å². The van der Waals surface area contributed by atoms with Gasteiger partial charge in [0.1, 0.15) is 17.5 Å². The Morgan fingerprint density at radius 2 is 1.93 bits per heavy atom. The highest BCUT2D eigenvalue weighted by molar-refractivity contribution is 5.56. The minimum atomic E-state index is -0.634. The van der Waals surface area contributed by atoms with Gasteiger partial charge in [-0.2, -0.15) is 0 Å². The van der Waals surface area contributed by atoms with Crippen molar-refractivity contribution >= 4 is 0 Å². The molecule has 0 N–H and O–H groups in total. The zero-order valence-electron chi connectivity index (χ0n) is 8.33. The molecule has 0 amide bonds. The van der Waals surface area contributed by atoms with Crippen LogP contribution in [0.5, 0.6) is 0 Å². The van der Waals surface area contributed by atoms with Crippen molar-refractivity contribution < 1.29 is 8.78 Å². The molecule has 0 aliphatic carbocycles. The summed E-state index contributed by atoms with van der Waals surface area (Å²) in [4.78, 5) is 0. The molecule has 1 aromatic heterocycles. The zero-order chi connectivity index (χ0) is 11.0. The smallest absolute Gasteiger partial charge is 0.166 e. The van der Waals surface area contributed by atoms with Crippen molar-refractivity contribution in [3.8, 4) is 11.4 Å². The third-order valence-corrected chi connectivity index (χ3v) is 2.26. The van der Waals surface area contributed by atoms with Crippen LogP contribution in [0.2, 0.25) is 0 Å². The molecule has 2 aromatic rings. The molecule has 0 saturated heterocycles. The molecule has 0 bridgehead atoms. The van der Waals surface area contributed by atoms with Gasteiger partial charge in [-0.15, -0.1) is 10.2 Å². The maximum absolute atomic E-state index is 13.4. The molecule has 3 nitrogen and oxygen atoms in total. The molecule has 2 rings (SSSR count). The molecule has 1 aromatic carbocycles. The van der Waals surface area contributed by atoms with Crippen molar-refractivity contribution in [1.29, 1.82) is 0 Å². The van der Waals surface area contributed by atoms with Crippen LogP contribution in [0.4, 0.5) is 8.78 Å². The van der Waals surface area contributed by atoms with E-state index < -0.39 is 11.6 Å². The molecule has 1 heterocycles. The van der Waals surface area contributed by atoms with Crippen molar-refractivity contribution in [1.82, 2.24) is 14.8 Å². The van der Waals surface area contributed by atoms with E-state index >= 15 is 0 Å². The van der Waals surface area contributed by atoms with E-state index in [1.807, 2.05) is 0 Å². The molecule has 0 aliphatic heterocycles. The lowest BCUT2D eigenvalue weighted by molar-refractivity contribution is 0.584. The van der Waals surface area contributed by atoms with Crippen LogP contribution in [0, 0.1) is 18.6 Å². The Kier molecular flexibility index (Phi) is 2.22. The second-order valence-electron chi connectivity index (χ2n) is 3.25. The number of hydrogen-bond acceptors (Lipinski definition) is 2. The van der Waals surface area contributed by atoms with Crippen LogP contribution >= 0.6 is 0 Å². The van der Waals surface area contributed by atoms with Crippen molar-refractivity contribution in [2.24, 2.45) is 7.05 Å². The van der Waals surface area contributed by atoms with Gasteiger partial charge < -0.3 is 4.57 Å². The quantitative estimate of drug-likeness (QED) is 0.719. The Hall–Kier alpha value is -1.78. The molecule has 0 atom stereocenters. The average molecular weight is 209 g/mol. The molecule has 5 heteroatoms. The maximum atomic E-state index is 13.4. The second kappa shape index (κ2) is 3.42. The van der Waals surface area contributed by atoms with Crippen LogP contribution in [0.1, 0.15) is 5.82 Å². The van der Waals surface area contributed by atoms with E-state index in [9.17, 15) is 8.78 Å². The summed E-state index contributed by atoms with van der Waals surface area (Å²) in [6.45, 7) is 1.76. The van der Waals surface area contributed by atoms with Gasteiger partial charge >= 0.3 is 0 Å². The molecular weight excluding hydrogens is 200 g/mol. The van der Waals surface area contributed by atoms with Gasteiger partial charge in [0.25, 0.3) is 0 Å². The van der Waals surface area contributed by atoms with Crippen LogP contribution in [-0.4, -0.2) is 14.8 Å². The summed E-state index contributed by atoms with van der Waals surface area (Å²) < 4.78 is 27.7. The third-order valence-electron chi connectivity index (χ3n) is 2.26. The first-order valence-corrected chi connectivity index (χ1v) is 4.41. The van der Waals surface area contributed by atoms with Gasteiger partial charge in [0.2, 0.25) is 0 Å². The van der Waals surface area contributed by atoms with Crippen molar-refractivity contribution in [2.45, 2.75) is 6.92 Å². The molecule has 0 radical (unpaired) electrons. The van der Waals surface area contributed by atoms with Crippen LogP contribution < -0.4 is 0 Å². The fourth-order valence-corrected chi connectivity index (χ4v) is 1.31. The second-order valence-corrected chi connectivity index (χ2v) is 3.25. The summed E-state index contributed by atoms with van der Waals surface area (Å²) in [5, 5.41) is 7.64. The molecule has 0 saturated carbocycles. The number of rotatable bonds is 1. The first kappa shape index (κ1) is 9.76. The van der Waals surface area contributed by atoms with Gasteiger partial charge in [0.05, 0.1) is 5.56 Å². The summed E-state index contributed by atoms with van der Waals surface area (Å²) in [5.41, 5.74) is 0.250. The molecule has 0 fully saturated rings. The van der Waals surface area contributed by atoms with Crippen LogP contribution in [-0.2, 0) is 7.05 Å². The van der Waals surface area contributed by atoms with Gasteiger partial charge in [-0.05, 0) is 19.1 Å². The van der Waals surface area contributed by atoms with Crippen LogP contribution in [0.25, 0.3) is 11.4 Å². The molecule has 0 spiro atoms. The Bertz CT molecular complexity index is 505. The van der Waals surface area contributed by atoms with Crippen LogP contribution in [0.3, 0.4) is 0 Å². The lowest BCUT2D eigenvalue weighted by Crippen LogP contribution is -1.97. The number of benzene rings is 1. The average Bonchev–Trinajstić information content (AvgIpc) is 2.49. The number of nitrogens with zero attached hydrogens (tertiary/aromatic N) is 3. The molecule has 0 unspecified atom stereocenters. The minimum Gasteiger partial charge on any atom is -0.314 e. The molecular formula is C10H9F2N3. The lowest BCUT2D eigenvalue weighted by Gasteiger charge is -2.02. The molecule has 0 aliphatic rings. The van der Waals surface area contributed by atoms with Crippen molar-refractivity contribution in [2.75, 3.05) is 0 Å². The highest BCUT2D eigenvalue weighted by Gasteiger charge is 2.12. The van der Waals surface area contributed by atoms with E-state index in [0.29, 0.717) is 11.6 Å². The normalized spacial score (nSPS) is 10.7. The minimum absolute atomic E-state index is 0.250. The highest BCUT2D eigenvalue weighted by atomic mass is 19.1. The van der Waals surface area contributed by atoms with Gasteiger partial charge in [0, 0.05) is 13.1 Å². The first-order chi connectivity index (χ1) is 7.09. The van der Waals surface area contributed by atoms with Gasteiger partial charge in [0.15, 0.2) is 5.82 Å². The molecule has 15 heavy (non-hydrogen) atoms. The highest BCUT2D eigenvalue weighted by Crippen LogP contribution is 2.21. The van der Waals surface area contributed by atoms with E-state index in [-0.39, 0.29) is 5.56 Å². The predicted octanol–water partition coefficient (Wildman–Crippen LogP) is 2.07. The van der Waals surface area contributed by atoms with E-state index in [1.54, 1.807) is 18.5 Å². The largest absolute Gasteiger partial charge is 0.314 e. The Balaban J connectivity index is 2.59. The summed E-state index contributed by atoms with van der Waals surface area (Å²) in [6.07, 6.45) is 0. The summed E-state index contributed by atoms with van der Waals surface area (Å²) in [7, 11) is 1.73. The van der Waals surface area contributed by atoms with Gasteiger partial charge in [-0.25, -0.2) is 8.78 Å². The fourth-order valence-electron chi connectivity index (χ4n) is 1.31. The monoisotopic (exact) mass is 209 g/mol. The number of aryl methyl sites for hydroxylation is 1. The SMILES string of the molecule is Cc1nnc(-c2ccc(F)cc2F)n1C. The summed E-state index contributed by atoms with van der Waals surface area (Å²) in [6, 6.07) is 3.38. The first-order valence-electron chi connectivity index (χ1n) is 4.41. The zero-order valence-corrected chi connectivity index (χ0v) is 8.33. The van der Waals surface area contributed by atoms with Gasteiger partial charge in [-0.3, -0.25) is 0 Å². The topological polar surface area (TPSA) is 30.7 Å². The van der Waals surface area contributed by atoms with E-state index in [0.717, 1.165) is 6.07 Å². The summed E-state index contributed by atoms with van der Waals surface area (Å²) in [5.74, 6) is -0.167. The third kappa shape index (κ3) is 1.60. The van der Waals surface area contributed by atoms with Crippen molar-refractivity contribution in [3.63, 3.8) is 0 Å². The molecule has 78 valence electrons. The Morgan fingerprint density at radius 1 is 1.20 bits per heavy atom. The Labute approximate surface area is 85.4 Å². The lowest BCUT2D eigenvalue weighted by atomic mass is 10.2.